The van der Waals surface area contributed by atoms with Crippen LogP contribution in [-0.4, -0.2) is 54.3 Å². The molecule has 0 fully saturated rings. The van der Waals surface area contributed by atoms with Gasteiger partial charge in [-0.3, -0.25) is 9.59 Å². The summed E-state index contributed by atoms with van der Waals surface area (Å²) in [5.74, 6) is -7.43. The molecule has 0 aliphatic rings. The Morgan fingerprint density at radius 1 is 0.430 bits per heavy atom. The van der Waals surface area contributed by atoms with E-state index in [1.165, 1.54) is 21.9 Å². The van der Waals surface area contributed by atoms with Gasteiger partial charge < -0.3 is 19.2 Å². The fourth-order valence-electron chi connectivity index (χ4n) is 6.12. The summed E-state index contributed by atoms with van der Waals surface area (Å²) in [4.78, 5) is 27.5. The Hall–Kier alpha value is -6.41. The molecule has 0 saturated heterocycles. The average Bonchev–Trinajstić information content (AvgIpc) is 3.51. The Bertz CT molecular complexity index is 2950. The molecule has 86 heavy (non-hydrogen) atoms. The van der Waals surface area contributed by atoms with Gasteiger partial charge in [0.15, 0.2) is 0 Å². The first kappa shape index (κ1) is 81.7. The molecule has 22 heteroatoms. The Kier molecular flexibility index (Phi) is 40.3. The molecule has 2 N–H and O–H groups in total. The molecule has 2 amide bonds. The van der Waals surface area contributed by atoms with Gasteiger partial charge in [-0.2, -0.15) is 72.8 Å². The van der Waals surface area contributed by atoms with Crippen LogP contribution in [0.15, 0.2) is 170 Å². The molecule has 460 valence electrons. The van der Waals surface area contributed by atoms with Crippen LogP contribution < -0.4 is 19.2 Å². The van der Waals surface area contributed by atoms with E-state index < -0.39 is 77.4 Å². The largest absolute Gasteiger partial charge is 4.00 e. The maximum Gasteiger partial charge on any atom is 4.00 e. The average molecular weight is 1310 g/mol. The predicted octanol–water partition coefficient (Wildman–Crippen LogP) is 15.8. The van der Waals surface area contributed by atoms with Gasteiger partial charge in [0.2, 0.25) is 31.9 Å². The van der Waals surface area contributed by atoms with Crippen molar-refractivity contribution in [3.63, 3.8) is 0 Å². The minimum Gasteiger partial charge on any atom is -0.363 e. The van der Waals surface area contributed by atoms with Crippen LogP contribution in [0.4, 0.5) is 57.9 Å². The Balaban J connectivity index is 0. The zero-order valence-corrected chi connectivity index (χ0v) is 54.3. The minimum atomic E-state index is -3.54. The van der Waals surface area contributed by atoms with E-state index in [1.807, 2.05) is 157 Å². The Labute approximate surface area is 533 Å². The summed E-state index contributed by atoms with van der Waals surface area (Å²) in [5, 5.41) is 0. The van der Waals surface area contributed by atoms with Gasteiger partial charge in [0.05, 0.1) is 12.5 Å². The van der Waals surface area contributed by atoms with Gasteiger partial charge in [0, 0.05) is 70.5 Å². The molecule has 8 aromatic carbocycles. The molecule has 0 heterocycles. The van der Waals surface area contributed by atoms with E-state index in [4.69, 9.17) is 0 Å². The topological polar surface area (TPSA) is 133 Å². The van der Waals surface area contributed by atoms with Crippen LogP contribution >= 0.6 is 0 Å². The van der Waals surface area contributed by atoms with Crippen LogP contribution in [0.25, 0.3) is 0 Å². The number of sulfonamides is 2. The summed E-state index contributed by atoms with van der Waals surface area (Å²) in [5.41, 5.74) is -1.68. The summed E-state index contributed by atoms with van der Waals surface area (Å²) in [6.07, 6.45) is 5.05. The van der Waals surface area contributed by atoms with Crippen molar-refractivity contribution in [3.8, 4) is 0 Å². The molecule has 8 aromatic rings. The second-order valence-electron chi connectivity index (χ2n) is 19.8. The normalized spacial score (nSPS) is 10.3. The van der Waals surface area contributed by atoms with Crippen molar-refractivity contribution in [1.82, 2.24) is 0 Å². The number of anilines is 4. The number of amides is 2. The summed E-state index contributed by atoms with van der Waals surface area (Å²) < 4.78 is 150. The second kappa shape index (κ2) is 42.4. The van der Waals surface area contributed by atoms with Crippen molar-refractivity contribution in [2.75, 3.05) is 44.8 Å². The molecule has 0 aliphatic carbocycles. The molecule has 8 rings (SSSR count). The number of unbranched alkanes of at least 4 members (excludes halogenated alkanes) is 2. The van der Waals surface area contributed by atoms with Gasteiger partial charge in [-0.25, -0.2) is 100 Å². The monoisotopic (exact) mass is 1300 g/mol. The SMILES string of the molecule is CCCCN(C(=O)C(C)(C)C)c1ccc(F)[c-]c1F.CCCCN(C(=O)C(C)(C)C)c1ccc(F)[c-]c1F.CS(=O)(=O)Nc1ccc(F)[c-]c1F.CS(=O)(=O)Nc1ccc(F)[c-]c1F.[Ti+4].[Ti+4].c1cc[cH-]c1.c1cc[cH-]c1.c1cc[cH-]c1.c1cc[cH-]c1. The number of carbonyl (C=O) groups excluding carboxylic acids is 2. The quantitative estimate of drug-likeness (QED) is 0.0711. The maximum absolute atomic E-state index is 13.8. The van der Waals surface area contributed by atoms with Gasteiger partial charge in [-0.05, 0) is 35.6 Å². The molecular weight excluding hydrogens is 1230 g/mol. The number of nitrogens with one attached hydrogen (secondary N) is 2. The van der Waals surface area contributed by atoms with Crippen molar-refractivity contribution < 1.29 is 105 Å². The number of benzene rings is 4. The summed E-state index contributed by atoms with van der Waals surface area (Å²) in [6.45, 7) is 15.5. The summed E-state index contributed by atoms with van der Waals surface area (Å²) in [7, 11) is -7.09. The third-order valence-corrected chi connectivity index (χ3v) is 11.2. The van der Waals surface area contributed by atoms with E-state index in [2.05, 4.69) is 0 Å². The number of halogens is 8. The van der Waals surface area contributed by atoms with Gasteiger partial charge in [0.1, 0.15) is 0 Å². The van der Waals surface area contributed by atoms with Crippen molar-refractivity contribution in [2.24, 2.45) is 10.8 Å². The first-order valence-electron chi connectivity index (χ1n) is 26.1. The first-order valence-corrected chi connectivity index (χ1v) is 29.8. The Morgan fingerprint density at radius 2 is 0.663 bits per heavy atom. The number of rotatable bonds is 12. The van der Waals surface area contributed by atoms with Crippen molar-refractivity contribution >= 4 is 54.6 Å². The standard InChI is InChI=1S/2C15H20F2NO.2C7H6F2NO2S.4C5H5.2Ti/c2*1-5-6-9-18(14(19)15(2,3)4)13-8-7-11(16)10-12(13)17;2*1-13(11,12)10-7-3-2-5(8)4-6(7)9;4*1-2-4-5-3-1;;/h2*7-8H,5-6,9H2,1-4H3;2*2-3,10H,1H3;4*1-5H;;/q8*-1;2*+4. The molecule has 0 unspecified atom stereocenters. The predicted molar refractivity (Wildman–Crippen MR) is 319 cm³/mol. The molecule has 0 radical (unpaired) electrons. The van der Waals surface area contributed by atoms with Crippen LogP contribution in [0, 0.1) is 81.6 Å². The van der Waals surface area contributed by atoms with Crippen LogP contribution in [0.2, 0.25) is 0 Å². The number of carbonyl (C=O) groups is 2. The van der Waals surface area contributed by atoms with Gasteiger partial charge >= 0.3 is 43.4 Å². The summed E-state index contributed by atoms with van der Waals surface area (Å²) >= 11 is 0. The second-order valence-corrected chi connectivity index (χ2v) is 23.3. The zero-order valence-electron chi connectivity index (χ0n) is 49.6. The number of hydrogen-bond acceptors (Lipinski definition) is 6. The number of hydrogen-bond donors (Lipinski definition) is 2. The Morgan fingerprint density at radius 3 is 0.837 bits per heavy atom. The van der Waals surface area contributed by atoms with E-state index in [0.29, 0.717) is 13.1 Å². The van der Waals surface area contributed by atoms with E-state index >= 15 is 0 Å². The van der Waals surface area contributed by atoms with E-state index in [1.54, 1.807) is 53.7 Å². The van der Waals surface area contributed by atoms with Crippen molar-refractivity contribution in [1.29, 1.82) is 0 Å². The molecule has 0 aliphatic heterocycles. The zero-order chi connectivity index (χ0) is 63.5. The van der Waals surface area contributed by atoms with Crippen molar-refractivity contribution in [3.05, 3.63) is 241 Å². The molecule has 0 aromatic heterocycles. The van der Waals surface area contributed by atoms with E-state index in [0.717, 1.165) is 74.6 Å². The third kappa shape index (κ3) is 36.5. The fraction of sp³-hybridized carbons (Fsp3) is 0.281. The van der Waals surface area contributed by atoms with Crippen LogP contribution in [0.5, 0.6) is 0 Å². The van der Waals surface area contributed by atoms with Crippen LogP contribution in [-0.2, 0) is 73.1 Å². The van der Waals surface area contributed by atoms with Crippen LogP contribution in [0.1, 0.15) is 81.1 Å². The van der Waals surface area contributed by atoms with Gasteiger partial charge in [-0.15, -0.1) is 72.8 Å². The molecule has 10 nitrogen and oxygen atoms in total. The molecule has 0 atom stereocenters. The maximum atomic E-state index is 13.8. The first-order chi connectivity index (χ1) is 39.3. The number of nitrogens with zero attached hydrogens (tertiary/aromatic N) is 2. The smallest absolute Gasteiger partial charge is 0.363 e. The van der Waals surface area contributed by atoms with Gasteiger partial charge in [0.25, 0.3) is 0 Å². The van der Waals surface area contributed by atoms with Gasteiger partial charge in [-0.1, -0.05) is 68.2 Å². The fourth-order valence-corrected chi connectivity index (χ4v) is 7.23. The van der Waals surface area contributed by atoms with E-state index in [9.17, 15) is 61.5 Å². The minimum absolute atomic E-state index is 0. The van der Waals surface area contributed by atoms with Crippen molar-refractivity contribution in [2.45, 2.75) is 81.1 Å². The molecule has 0 bridgehead atoms. The third-order valence-electron chi connectivity index (χ3n) is 10.0. The molecule has 0 saturated carbocycles. The van der Waals surface area contributed by atoms with E-state index in [-0.39, 0.29) is 78.0 Å². The van der Waals surface area contributed by atoms with Crippen LogP contribution in [0.3, 0.4) is 0 Å². The molecular formula is C64H72F8N4O6S2Ti2. The molecule has 0 spiro atoms. The summed E-state index contributed by atoms with van der Waals surface area (Å²) in [6, 6.07) is 56.0.